The molecule has 3 amide bonds. The van der Waals surface area contributed by atoms with Gasteiger partial charge in [0.25, 0.3) is 5.91 Å². The van der Waals surface area contributed by atoms with Crippen molar-refractivity contribution in [1.29, 1.82) is 0 Å². The number of carbonyl (C=O) groups is 2. The second-order valence-corrected chi connectivity index (χ2v) is 11.1. The van der Waals surface area contributed by atoms with Crippen LogP contribution in [0, 0.1) is 5.82 Å². The number of ether oxygens (including phenoxy) is 1. The van der Waals surface area contributed by atoms with Crippen LogP contribution in [0.2, 0.25) is 0 Å². The number of benzene rings is 3. The standard InChI is InChI=1S/C34H33FN6O5/c1-20(42)29-12-13-30(46-29)22-6-10-25-28(19-22)37-31(39-32(25)41-14-16-45-17-15-41)21-4-8-24(9-5-21)36-34(44)38-27-11-7-23(18-26(27)35)33(43)40(2)3/h4-13,18-20,42H,14-17H2,1-3H3,(H2,36,38,44). The van der Waals surface area contributed by atoms with Crippen LogP contribution in [0.4, 0.5) is 26.4 Å². The van der Waals surface area contributed by atoms with Crippen molar-refractivity contribution in [3.63, 3.8) is 0 Å². The van der Waals surface area contributed by atoms with E-state index in [0.29, 0.717) is 49.3 Å². The van der Waals surface area contributed by atoms with Gasteiger partial charge < -0.3 is 34.7 Å². The number of furan rings is 1. The quantitative estimate of drug-likeness (QED) is 0.203. The van der Waals surface area contributed by atoms with Crippen LogP contribution in [-0.2, 0) is 4.74 Å². The Balaban J connectivity index is 1.25. The zero-order chi connectivity index (χ0) is 32.4. The molecule has 1 aliphatic heterocycles. The number of hydrogen-bond acceptors (Lipinski definition) is 8. The summed E-state index contributed by atoms with van der Waals surface area (Å²) in [6.07, 6.45) is -0.715. The number of nitrogens with zero attached hydrogens (tertiary/aromatic N) is 4. The van der Waals surface area contributed by atoms with E-state index in [9.17, 15) is 19.1 Å². The molecule has 0 saturated carbocycles. The molecule has 0 bridgehead atoms. The molecule has 46 heavy (non-hydrogen) atoms. The molecule has 0 aliphatic carbocycles. The van der Waals surface area contributed by atoms with Crippen molar-refractivity contribution in [3.8, 4) is 22.7 Å². The van der Waals surface area contributed by atoms with Crippen molar-refractivity contribution in [2.45, 2.75) is 13.0 Å². The van der Waals surface area contributed by atoms with E-state index in [-0.39, 0.29) is 17.2 Å². The molecule has 1 unspecified atom stereocenters. The number of halogens is 1. The third-order valence-electron chi connectivity index (χ3n) is 7.58. The minimum atomic E-state index is -0.721. The second kappa shape index (κ2) is 13.0. The molecule has 3 heterocycles. The fourth-order valence-electron chi connectivity index (χ4n) is 5.14. The third kappa shape index (κ3) is 6.53. The van der Waals surface area contributed by atoms with Crippen LogP contribution in [0.25, 0.3) is 33.6 Å². The van der Waals surface area contributed by atoms with Crippen LogP contribution in [0.1, 0.15) is 29.1 Å². The van der Waals surface area contributed by atoms with Crippen LogP contribution in [0.15, 0.2) is 77.2 Å². The molecular weight excluding hydrogens is 591 g/mol. The summed E-state index contributed by atoms with van der Waals surface area (Å²) in [5.74, 6) is 1.33. The minimum absolute atomic E-state index is 0.0550. The lowest BCUT2D eigenvalue weighted by Gasteiger charge is -2.29. The van der Waals surface area contributed by atoms with Gasteiger partial charge in [-0.3, -0.25) is 4.79 Å². The number of fused-ring (bicyclic) bond motifs is 1. The Labute approximate surface area is 264 Å². The van der Waals surface area contributed by atoms with E-state index >= 15 is 0 Å². The lowest BCUT2D eigenvalue weighted by molar-refractivity contribution is 0.0827. The molecule has 12 heteroatoms. The van der Waals surface area contributed by atoms with Gasteiger partial charge >= 0.3 is 6.03 Å². The Morgan fingerprint density at radius 2 is 1.67 bits per heavy atom. The topological polar surface area (TPSA) is 133 Å². The number of amides is 3. The number of rotatable bonds is 7. The van der Waals surface area contributed by atoms with Crippen molar-refractivity contribution >= 4 is 40.0 Å². The van der Waals surface area contributed by atoms with Crippen molar-refractivity contribution in [1.82, 2.24) is 14.9 Å². The van der Waals surface area contributed by atoms with Gasteiger partial charge in [0.05, 0.1) is 24.4 Å². The minimum Gasteiger partial charge on any atom is -0.458 e. The highest BCUT2D eigenvalue weighted by Crippen LogP contribution is 2.33. The fourth-order valence-corrected chi connectivity index (χ4v) is 5.14. The highest BCUT2D eigenvalue weighted by atomic mass is 19.1. The average Bonchev–Trinajstić information content (AvgIpc) is 3.56. The zero-order valence-electron chi connectivity index (χ0n) is 25.6. The molecule has 3 aromatic carbocycles. The van der Waals surface area contributed by atoms with E-state index < -0.39 is 18.0 Å². The van der Waals surface area contributed by atoms with Crippen LogP contribution < -0.4 is 15.5 Å². The van der Waals surface area contributed by atoms with E-state index in [2.05, 4.69) is 15.5 Å². The van der Waals surface area contributed by atoms with Gasteiger partial charge in [-0.2, -0.15) is 0 Å². The van der Waals surface area contributed by atoms with Crippen LogP contribution in [0.3, 0.4) is 0 Å². The predicted octanol–water partition coefficient (Wildman–Crippen LogP) is 5.93. The number of nitrogens with one attached hydrogen (secondary N) is 2. The van der Waals surface area contributed by atoms with Gasteiger partial charge in [0.1, 0.15) is 29.3 Å². The Bertz CT molecular complexity index is 1900. The van der Waals surface area contributed by atoms with E-state index in [1.54, 1.807) is 51.4 Å². The molecule has 1 fully saturated rings. The molecule has 11 nitrogen and oxygen atoms in total. The van der Waals surface area contributed by atoms with Gasteiger partial charge in [0, 0.05) is 54.9 Å². The summed E-state index contributed by atoms with van der Waals surface area (Å²) in [6.45, 7) is 4.22. The number of aliphatic hydroxyl groups excluding tert-OH is 1. The smallest absolute Gasteiger partial charge is 0.323 e. The Hall–Kier alpha value is -5.33. The molecule has 0 spiro atoms. The maximum Gasteiger partial charge on any atom is 0.323 e. The lowest BCUT2D eigenvalue weighted by atomic mass is 10.1. The number of anilines is 3. The first-order chi connectivity index (χ1) is 22.2. The van der Waals surface area contributed by atoms with Gasteiger partial charge in [0.15, 0.2) is 5.82 Å². The third-order valence-corrected chi connectivity index (χ3v) is 7.58. The molecule has 6 rings (SSSR count). The first kappa shape index (κ1) is 30.7. The van der Waals surface area contributed by atoms with E-state index in [1.807, 2.05) is 24.3 Å². The van der Waals surface area contributed by atoms with E-state index in [1.165, 1.54) is 17.0 Å². The monoisotopic (exact) mass is 624 g/mol. The SMILES string of the molecule is CC(O)c1ccc(-c2ccc3c(N4CCOCC4)nc(-c4ccc(NC(=O)Nc5ccc(C(=O)N(C)C)cc5F)cc4)nc3c2)o1. The maximum atomic E-state index is 14.6. The van der Waals surface area contributed by atoms with Crippen LogP contribution >= 0.6 is 0 Å². The van der Waals surface area contributed by atoms with E-state index in [4.69, 9.17) is 19.1 Å². The predicted molar refractivity (Wildman–Crippen MR) is 173 cm³/mol. The number of hydrogen-bond donors (Lipinski definition) is 3. The molecule has 2 aromatic heterocycles. The molecule has 3 N–H and O–H groups in total. The van der Waals surface area contributed by atoms with Gasteiger partial charge in [-0.25, -0.2) is 19.2 Å². The van der Waals surface area contributed by atoms with Gasteiger partial charge in [0.2, 0.25) is 0 Å². The van der Waals surface area contributed by atoms with Gasteiger partial charge in [-0.05, 0) is 73.7 Å². The summed E-state index contributed by atoms with van der Waals surface area (Å²) in [7, 11) is 3.15. The Kier molecular flexibility index (Phi) is 8.64. The van der Waals surface area contributed by atoms with E-state index in [0.717, 1.165) is 33.9 Å². The Morgan fingerprint density at radius 3 is 2.35 bits per heavy atom. The molecule has 1 aliphatic rings. The summed E-state index contributed by atoms with van der Waals surface area (Å²) in [5.41, 5.74) is 2.87. The highest BCUT2D eigenvalue weighted by Gasteiger charge is 2.20. The van der Waals surface area contributed by atoms with Gasteiger partial charge in [-0.15, -0.1) is 0 Å². The van der Waals surface area contributed by atoms with Crippen LogP contribution in [0.5, 0.6) is 0 Å². The largest absolute Gasteiger partial charge is 0.458 e. The Morgan fingerprint density at radius 1 is 0.935 bits per heavy atom. The number of morpholine rings is 1. The molecule has 5 aromatic rings. The first-order valence-electron chi connectivity index (χ1n) is 14.8. The molecule has 1 atom stereocenters. The van der Waals surface area contributed by atoms with Gasteiger partial charge in [-0.1, -0.05) is 6.07 Å². The average molecular weight is 625 g/mol. The van der Waals surface area contributed by atoms with Crippen molar-refractivity contribution in [3.05, 3.63) is 89.9 Å². The molecule has 236 valence electrons. The second-order valence-electron chi connectivity index (χ2n) is 11.1. The summed E-state index contributed by atoms with van der Waals surface area (Å²) in [5, 5.41) is 16.0. The number of urea groups is 1. The van der Waals surface area contributed by atoms with Crippen molar-refractivity contribution < 1.29 is 28.2 Å². The summed E-state index contributed by atoms with van der Waals surface area (Å²) < 4.78 is 26.0. The maximum absolute atomic E-state index is 14.6. The molecule has 0 radical (unpaired) electrons. The number of aliphatic hydroxyl groups is 1. The van der Waals surface area contributed by atoms with Crippen LogP contribution in [-0.4, -0.2) is 72.3 Å². The number of aromatic nitrogens is 2. The molecule has 1 saturated heterocycles. The highest BCUT2D eigenvalue weighted by molar-refractivity contribution is 6.01. The summed E-state index contributed by atoms with van der Waals surface area (Å²) in [6, 6.07) is 19.7. The lowest BCUT2D eigenvalue weighted by Crippen LogP contribution is -2.37. The summed E-state index contributed by atoms with van der Waals surface area (Å²) >= 11 is 0. The summed E-state index contributed by atoms with van der Waals surface area (Å²) in [4.78, 5) is 38.1. The molecular formula is C34H33FN6O5. The van der Waals surface area contributed by atoms with Crippen molar-refractivity contribution in [2.24, 2.45) is 0 Å². The normalized spacial score (nSPS) is 13.8. The number of carbonyl (C=O) groups excluding carboxylic acids is 2. The zero-order valence-corrected chi connectivity index (χ0v) is 25.6. The fraction of sp³-hybridized carbons (Fsp3) is 0.235. The van der Waals surface area contributed by atoms with Crippen molar-refractivity contribution in [2.75, 3.05) is 55.9 Å². The first-order valence-corrected chi connectivity index (χ1v) is 14.8.